The third-order valence-electron chi connectivity index (χ3n) is 1.16. The molecule has 0 fully saturated rings. The Bertz CT molecular complexity index is 94.1. The molecule has 0 aromatic rings. The van der Waals surface area contributed by atoms with Gasteiger partial charge in [0.15, 0.2) is 0 Å². The van der Waals surface area contributed by atoms with Crippen LogP contribution < -0.4 is 5.32 Å². The Morgan fingerprint density at radius 2 is 2.00 bits per heavy atom. The maximum Gasteiger partial charge on any atom is 0.407 e. The van der Waals surface area contributed by atoms with E-state index >= 15 is 0 Å². The SMILES string of the molecule is CC.CC[C@H](C)NC(=O)OC. The molecule has 3 nitrogen and oxygen atoms in total. The van der Waals surface area contributed by atoms with E-state index in [2.05, 4.69) is 10.1 Å². The van der Waals surface area contributed by atoms with Crippen LogP contribution in [0, 0.1) is 0 Å². The molecule has 1 N–H and O–H groups in total. The summed E-state index contributed by atoms with van der Waals surface area (Å²) in [6.07, 6.45) is 0.569. The van der Waals surface area contributed by atoms with Crippen LogP contribution in [0.5, 0.6) is 0 Å². The van der Waals surface area contributed by atoms with Gasteiger partial charge in [0.25, 0.3) is 0 Å². The highest BCUT2D eigenvalue weighted by Crippen LogP contribution is 1.87. The molecule has 1 atom stereocenters. The van der Waals surface area contributed by atoms with Crippen molar-refractivity contribution in [1.29, 1.82) is 0 Å². The molecule has 68 valence electrons. The second kappa shape index (κ2) is 9.27. The van der Waals surface area contributed by atoms with Crippen molar-refractivity contribution in [2.45, 2.75) is 40.2 Å². The van der Waals surface area contributed by atoms with Gasteiger partial charge in [-0.05, 0) is 13.3 Å². The van der Waals surface area contributed by atoms with Gasteiger partial charge in [0, 0.05) is 6.04 Å². The fraction of sp³-hybridized carbons (Fsp3) is 0.875. The smallest absolute Gasteiger partial charge is 0.407 e. The van der Waals surface area contributed by atoms with Crippen molar-refractivity contribution >= 4 is 6.09 Å². The standard InChI is InChI=1S/C6H13NO2.C2H6/c1-4-5(2)7-6(8)9-3;1-2/h5H,4H2,1-3H3,(H,7,8);1-2H3/t5-;/m0./s1. The maximum atomic E-state index is 10.4. The summed E-state index contributed by atoms with van der Waals surface area (Å²) in [5, 5.41) is 2.62. The average molecular weight is 161 g/mol. The first-order valence-electron chi connectivity index (χ1n) is 4.05. The first kappa shape index (κ1) is 12.9. The number of carbonyl (C=O) groups is 1. The Morgan fingerprint density at radius 1 is 1.55 bits per heavy atom. The minimum atomic E-state index is -0.357. The van der Waals surface area contributed by atoms with E-state index in [0.717, 1.165) is 6.42 Å². The minimum Gasteiger partial charge on any atom is -0.453 e. The minimum absolute atomic E-state index is 0.206. The van der Waals surface area contributed by atoms with Crippen molar-refractivity contribution < 1.29 is 9.53 Å². The Hall–Kier alpha value is -0.730. The third kappa shape index (κ3) is 9.27. The topological polar surface area (TPSA) is 38.3 Å². The molecule has 0 heterocycles. The highest BCUT2D eigenvalue weighted by atomic mass is 16.5. The summed E-state index contributed by atoms with van der Waals surface area (Å²) in [5.41, 5.74) is 0. The summed E-state index contributed by atoms with van der Waals surface area (Å²) in [5.74, 6) is 0. The summed E-state index contributed by atoms with van der Waals surface area (Å²) in [6.45, 7) is 7.93. The molecule has 0 radical (unpaired) electrons. The van der Waals surface area contributed by atoms with Crippen molar-refractivity contribution in [2.24, 2.45) is 0 Å². The largest absolute Gasteiger partial charge is 0.453 e. The van der Waals surface area contributed by atoms with Gasteiger partial charge in [0.05, 0.1) is 7.11 Å². The molecular formula is C8H19NO2. The van der Waals surface area contributed by atoms with Gasteiger partial charge in [0.2, 0.25) is 0 Å². The van der Waals surface area contributed by atoms with E-state index in [4.69, 9.17) is 0 Å². The van der Waals surface area contributed by atoms with Crippen LogP contribution in [0.1, 0.15) is 34.1 Å². The van der Waals surface area contributed by atoms with Crippen LogP contribution in [0.2, 0.25) is 0 Å². The lowest BCUT2D eigenvalue weighted by atomic mass is 10.3. The molecule has 0 rings (SSSR count). The number of hydrogen-bond donors (Lipinski definition) is 1. The first-order chi connectivity index (χ1) is 5.20. The number of nitrogens with one attached hydrogen (secondary N) is 1. The lowest BCUT2D eigenvalue weighted by Gasteiger charge is -2.08. The molecule has 0 saturated heterocycles. The molecule has 0 aliphatic carbocycles. The van der Waals surface area contributed by atoms with Gasteiger partial charge in [-0.15, -0.1) is 0 Å². The van der Waals surface area contributed by atoms with E-state index in [9.17, 15) is 4.79 Å². The van der Waals surface area contributed by atoms with Crippen LogP contribution in [0.3, 0.4) is 0 Å². The highest BCUT2D eigenvalue weighted by molar-refractivity contribution is 5.67. The number of hydrogen-bond acceptors (Lipinski definition) is 2. The second-order valence-corrected chi connectivity index (χ2v) is 1.95. The number of rotatable bonds is 2. The Balaban J connectivity index is 0. The summed E-state index contributed by atoms with van der Waals surface area (Å²) in [6, 6.07) is 0.206. The third-order valence-corrected chi connectivity index (χ3v) is 1.16. The molecule has 0 spiro atoms. The van der Waals surface area contributed by atoms with Crippen molar-refractivity contribution in [3.63, 3.8) is 0 Å². The molecule has 0 saturated carbocycles. The molecule has 0 aromatic heterocycles. The quantitative estimate of drug-likeness (QED) is 0.674. The van der Waals surface area contributed by atoms with Gasteiger partial charge in [-0.3, -0.25) is 0 Å². The zero-order valence-electron chi connectivity index (χ0n) is 8.10. The molecule has 0 bridgehead atoms. The summed E-state index contributed by atoms with van der Waals surface area (Å²) >= 11 is 0. The molecule has 1 amide bonds. The highest BCUT2D eigenvalue weighted by Gasteiger charge is 2.01. The predicted octanol–water partition coefficient (Wildman–Crippen LogP) is 2.17. The van der Waals surface area contributed by atoms with Crippen LogP contribution in [0.25, 0.3) is 0 Å². The number of methoxy groups -OCH3 is 1. The van der Waals surface area contributed by atoms with E-state index in [0.29, 0.717) is 0 Å². The van der Waals surface area contributed by atoms with E-state index < -0.39 is 0 Å². The van der Waals surface area contributed by atoms with Crippen LogP contribution in [-0.2, 0) is 4.74 Å². The molecular weight excluding hydrogens is 142 g/mol. The van der Waals surface area contributed by atoms with Crippen LogP contribution >= 0.6 is 0 Å². The van der Waals surface area contributed by atoms with Gasteiger partial charge in [-0.1, -0.05) is 20.8 Å². The van der Waals surface area contributed by atoms with Crippen molar-refractivity contribution in [3.05, 3.63) is 0 Å². The monoisotopic (exact) mass is 161 g/mol. The molecule has 0 aliphatic heterocycles. The normalized spacial score (nSPS) is 10.6. The molecule has 3 heteroatoms. The van der Waals surface area contributed by atoms with Crippen molar-refractivity contribution in [1.82, 2.24) is 5.32 Å². The van der Waals surface area contributed by atoms with Crippen molar-refractivity contribution in [3.8, 4) is 0 Å². The van der Waals surface area contributed by atoms with E-state index in [1.807, 2.05) is 27.7 Å². The van der Waals surface area contributed by atoms with E-state index in [1.54, 1.807) is 0 Å². The molecule has 11 heavy (non-hydrogen) atoms. The van der Waals surface area contributed by atoms with Crippen LogP contribution in [0.4, 0.5) is 4.79 Å². The lowest BCUT2D eigenvalue weighted by Crippen LogP contribution is -2.31. The van der Waals surface area contributed by atoms with Gasteiger partial charge in [-0.25, -0.2) is 4.79 Å². The Kier molecular flexibility index (Phi) is 10.9. The van der Waals surface area contributed by atoms with Gasteiger partial charge < -0.3 is 10.1 Å². The summed E-state index contributed by atoms with van der Waals surface area (Å²) in [4.78, 5) is 10.4. The fourth-order valence-electron chi connectivity index (χ4n) is 0.362. The zero-order valence-corrected chi connectivity index (χ0v) is 8.10. The molecule has 0 aliphatic rings. The van der Waals surface area contributed by atoms with Gasteiger partial charge in [-0.2, -0.15) is 0 Å². The summed E-state index contributed by atoms with van der Waals surface area (Å²) < 4.78 is 4.37. The first-order valence-corrected chi connectivity index (χ1v) is 4.05. The van der Waals surface area contributed by atoms with Crippen LogP contribution in [0.15, 0.2) is 0 Å². The molecule has 0 unspecified atom stereocenters. The molecule has 0 aromatic carbocycles. The number of ether oxygens (including phenoxy) is 1. The maximum absolute atomic E-state index is 10.4. The lowest BCUT2D eigenvalue weighted by molar-refractivity contribution is 0.167. The van der Waals surface area contributed by atoms with Gasteiger partial charge in [0.1, 0.15) is 0 Å². The van der Waals surface area contributed by atoms with Crippen LogP contribution in [-0.4, -0.2) is 19.2 Å². The second-order valence-electron chi connectivity index (χ2n) is 1.95. The Morgan fingerprint density at radius 3 is 2.27 bits per heavy atom. The van der Waals surface area contributed by atoms with Crippen molar-refractivity contribution in [2.75, 3.05) is 7.11 Å². The van der Waals surface area contributed by atoms with Gasteiger partial charge >= 0.3 is 6.09 Å². The number of carbonyl (C=O) groups excluding carboxylic acids is 1. The fourth-order valence-corrected chi connectivity index (χ4v) is 0.362. The predicted molar refractivity (Wildman–Crippen MR) is 46.6 cm³/mol. The number of alkyl carbamates (subject to hydrolysis) is 1. The Labute approximate surface area is 69.1 Å². The average Bonchev–Trinajstić information content (AvgIpc) is 2.07. The number of amides is 1. The zero-order chi connectivity index (χ0) is 9.28. The van der Waals surface area contributed by atoms with E-state index in [1.165, 1.54) is 7.11 Å². The summed E-state index contributed by atoms with van der Waals surface area (Å²) in [7, 11) is 1.36. The van der Waals surface area contributed by atoms with E-state index in [-0.39, 0.29) is 12.1 Å².